The lowest BCUT2D eigenvalue weighted by Gasteiger charge is -2.56. The molecule has 8 N–H and O–H groups in total. The summed E-state index contributed by atoms with van der Waals surface area (Å²) in [5.41, 5.74) is 3.38. The molecule has 4 saturated heterocycles. The van der Waals surface area contributed by atoms with E-state index in [9.17, 15) is 44.1 Å². The molecule has 3 amide bonds. The van der Waals surface area contributed by atoms with Gasteiger partial charge in [-0.25, -0.2) is 14.6 Å². The first-order valence-electron chi connectivity index (χ1n) is 16.0. The van der Waals surface area contributed by atoms with Crippen molar-refractivity contribution in [1.29, 1.82) is 0 Å². The Morgan fingerprint density at radius 1 is 1.20 bits per heavy atom. The number of nitrogens with two attached hydrogens (primary N) is 1. The number of aromatic nitrogens is 2. The number of β-lactam (4-membered cyclic amide) rings is 1. The number of thiazole rings is 1. The molecule has 2 aromatic rings. The molecule has 4 fully saturated rings. The van der Waals surface area contributed by atoms with Crippen LogP contribution < -0.4 is 21.8 Å². The van der Waals surface area contributed by atoms with Crippen LogP contribution in [0.5, 0.6) is 5.75 Å². The minimum atomic E-state index is -1.78. The monoisotopic (exact) mass is 745 g/mol. The van der Waals surface area contributed by atoms with Crippen LogP contribution in [0.4, 0.5) is 5.13 Å². The van der Waals surface area contributed by atoms with Crippen LogP contribution in [0.1, 0.15) is 49.3 Å². The second-order valence-electron chi connectivity index (χ2n) is 13.7. The molecule has 7 rings (SSSR count). The van der Waals surface area contributed by atoms with E-state index in [1.54, 1.807) is 0 Å². The lowest BCUT2D eigenvalue weighted by atomic mass is 9.70. The number of carbonyl (C=O) groups excluding carboxylic acids is 3. The minimum absolute atomic E-state index is 0.0154. The Balaban J connectivity index is 1.11. The Morgan fingerprint density at radius 3 is 2.47 bits per heavy atom. The largest absolute Gasteiger partial charge is 0.503 e. The van der Waals surface area contributed by atoms with Gasteiger partial charge < -0.3 is 46.0 Å². The Morgan fingerprint density at radius 2 is 1.88 bits per heavy atom. The van der Waals surface area contributed by atoms with Crippen LogP contribution >= 0.6 is 23.1 Å². The molecular weight excluding hydrogens is 709 g/mol. The number of pyridine rings is 1. The van der Waals surface area contributed by atoms with Gasteiger partial charge in [0.05, 0.1) is 19.6 Å². The van der Waals surface area contributed by atoms with E-state index < -0.39 is 63.6 Å². The van der Waals surface area contributed by atoms with Crippen LogP contribution in [0.2, 0.25) is 0 Å². The van der Waals surface area contributed by atoms with E-state index in [-0.39, 0.29) is 27.6 Å². The molecule has 20 heteroatoms. The first-order valence-corrected chi connectivity index (χ1v) is 17.9. The van der Waals surface area contributed by atoms with Gasteiger partial charge in [-0.1, -0.05) is 5.16 Å². The van der Waals surface area contributed by atoms with Crippen LogP contribution in [-0.4, -0.2) is 126 Å². The van der Waals surface area contributed by atoms with E-state index >= 15 is 0 Å². The van der Waals surface area contributed by atoms with Gasteiger partial charge in [-0.05, 0) is 13.8 Å². The van der Waals surface area contributed by atoms with Crippen molar-refractivity contribution in [1.82, 2.24) is 25.5 Å². The molecule has 272 valence electrons. The van der Waals surface area contributed by atoms with Crippen LogP contribution in [-0.2, 0) is 24.0 Å². The molecule has 7 heterocycles. The third kappa shape index (κ3) is 6.89. The summed E-state index contributed by atoms with van der Waals surface area (Å²) in [5.74, 6) is -4.64. The van der Waals surface area contributed by atoms with E-state index in [1.807, 2.05) is 0 Å². The highest BCUT2D eigenvalue weighted by Gasteiger charge is 2.56. The molecule has 0 aliphatic carbocycles. The third-order valence-corrected chi connectivity index (χ3v) is 12.0. The molecule has 51 heavy (non-hydrogen) atoms. The number of thioether (sulfide) groups is 1. The second kappa shape index (κ2) is 13.3. The fourth-order valence-electron chi connectivity index (χ4n) is 6.81. The van der Waals surface area contributed by atoms with Crippen LogP contribution in [0.3, 0.4) is 0 Å². The zero-order valence-corrected chi connectivity index (χ0v) is 29.3. The maximum atomic E-state index is 13.5. The molecule has 0 spiro atoms. The summed E-state index contributed by atoms with van der Waals surface area (Å²) in [6.45, 7) is 5.61. The third-order valence-electron chi connectivity index (χ3n) is 10.0. The van der Waals surface area contributed by atoms with Crippen molar-refractivity contribution in [3.8, 4) is 5.75 Å². The number of nitrogens with zero attached hydrogens (tertiary/aromatic N) is 4. The number of carboxylic acids is 2. The van der Waals surface area contributed by atoms with Crippen LogP contribution in [0.25, 0.3) is 0 Å². The Hall–Kier alpha value is -4.95. The number of fused-ring (bicyclic) bond motifs is 4. The first-order chi connectivity index (χ1) is 24.0. The number of oxime groups is 1. The number of carbonyl (C=O) groups is 5. The van der Waals surface area contributed by atoms with Crippen molar-refractivity contribution in [2.75, 3.05) is 44.2 Å². The highest BCUT2D eigenvalue weighted by molar-refractivity contribution is 8.00. The van der Waals surface area contributed by atoms with Crippen molar-refractivity contribution in [3.05, 3.63) is 50.5 Å². The number of nitrogens with one attached hydrogen (secondary N) is 3. The molecule has 0 unspecified atom stereocenters. The predicted octanol–water partition coefficient (Wildman–Crippen LogP) is -0.128. The first kappa shape index (κ1) is 35.9. The number of aliphatic carboxylic acids is 2. The number of aromatic hydroxyl groups is 1. The van der Waals surface area contributed by atoms with E-state index in [4.69, 9.17) is 10.6 Å². The highest BCUT2D eigenvalue weighted by atomic mass is 32.2. The zero-order chi connectivity index (χ0) is 36.9. The molecular formula is C31H37N8O10S2+. The lowest BCUT2D eigenvalue weighted by Crippen LogP contribution is -2.71. The van der Waals surface area contributed by atoms with Gasteiger partial charge in [0.2, 0.25) is 11.0 Å². The summed E-state index contributed by atoms with van der Waals surface area (Å²) >= 11 is 2.36. The topological polar surface area (TPSA) is 267 Å². The fourth-order valence-corrected chi connectivity index (χ4v) is 8.70. The summed E-state index contributed by atoms with van der Waals surface area (Å²) in [7, 11) is 0. The number of hydrogen-bond donors (Lipinski definition) is 7. The smallest absolute Gasteiger partial charge is 0.352 e. The molecule has 2 atom stereocenters. The summed E-state index contributed by atoms with van der Waals surface area (Å²) < 4.78 is 0.657. The number of carboxylic acid groups (broad SMARTS) is 2. The van der Waals surface area contributed by atoms with Crippen molar-refractivity contribution in [3.63, 3.8) is 0 Å². The average Bonchev–Trinajstić information content (AvgIpc) is 3.53. The van der Waals surface area contributed by atoms with Crippen molar-refractivity contribution in [2.45, 2.75) is 50.1 Å². The number of hydrogen-bond acceptors (Lipinski definition) is 13. The maximum Gasteiger partial charge on any atom is 0.352 e. The minimum Gasteiger partial charge on any atom is -0.503 e. The number of aromatic amines is 1. The molecule has 0 saturated carbocycles. The molecule has 5 aliphatic heterocycles. The van der Waals surface area contributed by atoms with Crippen LogP contribution in [0.15, 0.2) is 38.9 Å². The number of nitrogen functional groups attached to an aromatic ring is 1. The lowest BCUT2D eigenvalue weighted by molar-refractivity contribution is -0.941. The van der Waals surface area contributed by atoms with E-state index in [1.165, 1.54) is 35.9 Å². The second-order valence-corrected chi connectivity index (χ2v) is 15.7. The maximum absolute atomic E-state index is 13.5. The normalized spacial score (nSPS) is 25.9. The van der Waals surface area contributed by atoms with Gasteiger partial charge in [0.25, 0.3) is 17.7 Å². The standard InChI is InChI=1S/C31H36N8O10S2/c1-30(2,28(47)48)49-37-20(17-13-51-29(32)35-17)24(43)36-21-25(44)38-22(27(45)46)15(12-50-26(21)38)11-39-6-3-31(4-7-39,5-8-39)14-34-23(42)16-9-18(40)19(41)10-33-16/h9-10,13,21,26H,3-8,11-12,14H2,1-2H3,(H7-,32,33,34,35,36,37,40,41,42,43,45,46,47,48)/p+1/t21-,26-,31?,39?/m1/s1. The van der Waals surface area contributed by atoms with Gasteiger partial charge in [0, 0.05) is 60.2 Å². The van der Waals surface area contributed by atoms with Gasteiger partial charge in [-0.2, -0.15) is 0 Å². The van der Waals surface area contributed by atoms with Gasteiger partial charge in [0.15, 0.2) is 16.6 Å². The van der Waals surface area contributed by atoms with E-state index in [0.717, 1.165) is 62.5 Å². The van der Waals surface area contributed by atoms with Gasteiger partial charge >= 0.3 is 11.9 Å². The summed E-state index contributed by atoms with van der Waals surface area (Å²) in [6, 6.07) is -0.0315. The van der Waals surface area contributed by atoms with Crippen LogP contribution in [0, 0.1) is 5.41 Å². The highest BCUT2D eigenvalue weighted by Crippen LogP contribution is 2.46. The molecule has 5 aliphatic rings. The molecule has 0 radical (unpaired) electrons. The number of piperidine rings is 3. The molecule has 2 bridgehead atoms. The number of amides is 3. The van der Waals surface area contributed by atoms with Crippen molar-refractivity contribution >= 4 is 63.6 Å². The van der Waals surface area contributed by atoms with E-state index in [0.29, 0.717) is 28.9 Å². The number of anilines is 1. The fraction of sp³-hybridized carbons (Fsp3) is 0.484. The van der Waals surface area contributed by atoms with Gasteiger partial charge in [-0.15, -0.1) is 23.1 Å². The number of quaternary nitrogens is 1. The van der Waals surface area contributed by atoms with Crippen molar-refractivity contribution < 1.29 is 48.6 Å². The predicted molar refractivity (Wildman–Crippen MR) is 183 cm³/mol. The summed E-state index contributed by atoms with van der Waals surface area (Å²) in [4.78, 5) is 88.4. The summed E-state index contributed by atoms with van der Waals surface area (Å²) in [5, 5.41) is 39.3. The zero-order valence-electron chi connectivity index (χ0n) is 27.6. The summed E-state index contributed by atoms with van der Waals surface area (Å²) in [6.07, 6.45) is 3.46. The molecule has 2 aromatic heterocycles. The van der Waals surface area contributed by atoms with Crippen molar-refractivity contribution in [2.24, 2.45) is 10.6 Å². The number of H-pyrrole nitrogens is 1. The quantitative estimate of drug-likeness (QED) is 0.0647. The average molecular weight is 746 g/mol. The van der Waals surface area contributed by atoms with Gasteiger partial charge in [0.1, 0.15) is 35.0 Å². The Bertz CT molecular complexity index is 1910. The SMILES string of the molecule is CC(C)(O/N=C(/C(=O)N[C@@H]1C(=O)N2C(C(=O)O)=C(C[N+]34CCC(CNC(=O)c5cc(=O)c(O)c[nH]5)(CC3)CC4)CS[C@H]12)c1csc(N)n1)C(=O)O. The molecule has 18 nitrogen and oxygen atoms in total. The van der Waals surface area contributed by atoms with Gasteiger partial charge in [-0.3, -0.25) is 24.1 Å². The Kier molecular flexibility index (Phi) is 9.36. The Labute approximate surface area is 298 Å². The van der Waals surface area contributed by atoms with E-state index in [2.05, 4.69) is 25.8 Å². The number of rotatable bonds is 12. The molecule has 0 aromatic carbocycles.